The number of carboxylic acids is 1. The summed E-state index contributed by atoms with van der Waals surface area (Å²) >= 11 is 3.33. The van der Waals surface area contributed by atoms with Crippen LogP contribution in [-0.2, 0) is 4.79 Å². The number of hydrogen-bond donors (Lipinski definition) is 1. The number of hydrogen-bond acceptors (Lipinski definition) is 3. The van der Waals surface area contributed by atoms with Crippen LogP contribution < -0.4 is 4.90 Å². The smallest absolute Gasteiger partial charge is 0.308 e. The lowest BCUT2D eigenvalue weighted by Crippen LogP contribution is -2.39. The van der Waals surface area contributed by atoms with Crippen molar-refractivity contribution in [3.05, 3.63) is 28.2 Å². The lowest BCUT2D eigenvalue weighted by Gasteiger charge is -2.33. The van der Waals surface area contributed by atoms with Crippen LogP contribution in [0.15, 0.2) is 22.7 Å². The van der Waals surface area contributed by atoms with Gasteiger partial charge in [0.1, 0.15) is 6.07 Å². The van der Waals surface area contributed by atoms with Crippen LogP contribution in [0.3, 0.4) is 0 Å². The Balaban J connectivity index is 2.26. The van der Waals surface area contributed by atoms with Gasteiger partial charge in [0.15, 0.2) is 0 Å². The van der Waals surface area contributed by atoms with E-state index >= 15 is 0 Å². The molecule has 1 aromatic rings. The first-order valence-electron chi connectivity index (χ1n) is 5.79. The summed E-state index contributed by atoms with van der Waals surface area (Å²) in [5.41, 5.74) is 1.40. The molecule has 18 heavy (non-hydrogen) atoms. The molecule has 1 aliphatic heterocycles. The molecule has 2 rings (SSSR count). The SMILES string of the molecule is N#Cc1cc(Br)ccc1N1CCCC(C(=O)O)C1. The summed E-state index contributed by atoms with van der Waals surface area (Å²) in [5, 5.41) is 18.2. The zero-order chi connectivity index (χ0) is 13.1. The van der Waals surface area contributed by atoms with Gasteiger partial charge in [-0.15, -0.1) is 0 Å². The molecule has 1 fully saturated rings. The van der Waals surface area contributed by atoms with E-state index in [-0.39, 0.29) is 5.92 Å². The highest BCUT2D eigenvalue weighted by atomic mass is 79.9. The first-order chi connectivity index (χ1) is 8.61. The standard InChI is InChI=1S/C13H13BrN2O2/c14-11-3-4-12(10(6-11)7-15)16-5-1-2-9(8-16)13(17)18/h3-4,6,9H,1-2,5,8H2,(H,17,18). The van der Waals surface area contributed by atoms with Gasteiger partial charge in [-0.3, -0.25) is 4.79 Å². The Kier molecular flexibility index (Phi) is 3.87. The molecule has 0 radical (unpaired) electrons. The van der Waals surface area contributed by atoms with E-state index in [1.54, 1.807) is 6.07 Å². The molecule has 1 heterocycles. The van der Waals surface area contributed by atoms with Gasteiger partial charge in [-0.2, -0.15) is 5.26 Å². The molecule has 1 aliphatic rings. The molecule has 5 heteroatoms. The van der Waals surface area contributed by atoms with Gasteiger partial charge in [0, 0.05) is 17.6 Å². The molecule has 94 valence electrons. The number of nitrogens with zero attached hydrogens (tertiary/aromatic N) is 2. The van der Waals surface area contributed by atoms with Gasteiger partial charge >= 0.3 is 5.97 Å². The summed E-state index contributed by atoms with van der Waals surface area (Å²) in [6, 6.07) is 7.67. The highest BCUT2D eigenvalue weighted by molar-refractivity contribution is 9.10. The maximum Gasteiger partial charge on any atom is 0.308 e. The molecule has 0 amide bonds. The summed E-state index contributed by atoms with van der Waals surface area (Å²) in [5.74, 6) is -1.09. The Morgan fingerprint density at radius 1 is 1.56 bits per heavy atom. The van der Waals surface area contributed by atoms with Crippen LogP contribution in [0.5, 0.6) is 0 Å². The van der Waals surface area contributed by atoms with Crippen LogP contribution in [0, 0.1) is 17.2 Å². The fraction of sp³-hybridized carbons (Fsp3) is 0.385. The summed E-state index contributed by atoms with van der Waals surface area (Å²) in [6.07, 6.45) is 1.56. The number of halogens is 1. The number of benzene rings is 1. The van der Waals surface area contributed by atoms with Gasteiger partial charge in [-0.05, 0) is 31.0 Å². The van der Waals surface area contributed by atoms with Crippen molar-refractivity contribution in [2.75, 3.05) is 18.0 Å². The Hall–Kier alpha value is -1.54. The van der Waals surface area contributed by atoms with E-state index < -0.39 is 5.97 Å². The predicted molar refractivity (Wildman–Crippen MR) is 71.4 cm³/mol. The molecular formula is C13H13BrN2O2. The maximum absolute atomic E-state index is 11.0. The van der Waals surface area contributed by atoms with Gasteiger partial charge in [-0.25, -0.2) is 0 Å². The average Bonchev–Trinajstić information content (AvgIpc) is 2.38. The molecule has 4 nitrogen and oxygen atoms in total. The molecule has 1 aromatic carbocycles. The van der Waals surface area contributed by atoms with Crippen molar-refractivity contribution in [3.8, 4) is 6.07 Å². The van der Waals surface area contributed by atoms with Gasteiger partial charge in [0.25, 0.3) is 0 Å². The van der Waals surface area contributed by atoms with Gasteiger partial charge in [0.05, 0.1) is 17.2 Å². The fourth-order valence-corrected chi connectivity index (χ4v) is 2.63. The van der Waals surface area contributed by atoms with Crippen LogP contribution in [0.1, 0.15) is 18.4 Å². The second-order valence-corrected chi connectivity index (χ2v) is 5.31. The van der Waals surface area contributed by atoms with E-state index in [0.29, 0.717) is 18.5 Å². The summed E-state index contributed by atoms with van der Waals surface area (Å²) in [6.45, 7) is 1.28. The number of aliphatic carboxylic acids is 1. The molecule has 1 saturated heterocycles. The molecule has 1 unspecified atom stereocenters. The molecule has 0 bridgehead atoms. The zero-order valence-electron chi connectivity index (χ0n) is 9.77. The van der Waals surface area contributed by atoms with Crippen molar-refractivity contribution >= 4 is 27.6 Å². The third kappa shape index (κ3) is 2.65. The predicted octanol–water partition coefficient (Wildman–Crippen LogP) is 2.62. The minimum absolute atomic E-state index is 0.339. The third-order valence-electron chi connectivity index (χ3n) is 3.19. The van der Waals surface area contributed by atoms with Crippen LogP contribution in [0.4, 0.5) is 5.69 Å². The highest BCUT2D eigenvalue weighted by Gasteiger charge is 2.26. The largest absolute Gasteiger partial charge is 0.481 e. The molecule has 0 aliphatic carbocycles. The number of rotatable bonds is 2. The van der Waals surface area contributed by atoms with E-state index in [0.717, 1.165) is 23.1 Å². The first-order valence-corrected chi connectivity index (χ1v) is 6.58. The van der Waals surface area contributed by atoms with E-state index in [1.807, 2.05) is 17.0 Å². The minimum atomic E-state index is -0.754. The fourth-order valence-electron chi connectivity index (χ4n) is 2.27. The molecular weight excluding hydrogens is 296 g/mol. The van der Waals surface area contributed by atoms with Crippen molar-refractivity contribution in [1.29, 1.82) is 5.26 Å². The van der Waals surface area contributed by atoms with Crippen LogP contribution in [-0.4, -0.2) is 24.2 Å². The van der Waals surface area contributed by atoms with E-state index in [1.165, 1.54) is 0 Å². The lowest BCUT2D eigenvalue weighted by atomic mass is 9.97. The Morgan fingerprint density at radius 3 is 3.00 bits per heavy atom. The number of piperidine rings is 1. The van der Waals surface area contributed by atoms with Crippen molar-refractivity contribution in [3.63, 3.8) is 0 Å². The van der Waals surface area contributed by atoms with E-state index in [9.17, 15) is 4.79 Å². The Labute approximate surface area is 114 Å². The second-order valence-electron chi connectivity index (χ2n) is 4.40. The number of carbonyl (C=O) groups is 1. The highest BCUT2D eigenvalue weighted by Crippen LogP contribution is 2.28. The number of anilines is 1. The molecule has 0 saturated carbocycles. The summed E-state index contributed by atoms with van der Waals surface area (Å²) < 4.78 is 0.856. The van der Waals surface area contributed by atoms with Gasteiger partial charge in [0.2, 0.25) is 0 Å². The van der Waals surface area contributed by atoms with Crippen LogP contribution in [0.2, 0.25) is 0 Å². The summed E-state index contributed by atoms with van der Waals surface area (Å²) in [4.78, 5) is 13.0. The monoisotopic (exact) mass is 308 g/mol. The summed E-state index contributed by atoms with van der Waals surface area (Å²) in [7, 11) is 0. The molecule has 1 N–H and O–H groups in total. The maximum atomic E-state index is 11.0. The minimum Gasteiger partial charge on any atom is -0.481 e. The molecule has 0 aromatic heterocycles. The first kappa shape index (κ1) is 12.9. The van der Waals surface area contributed by atoms with E-state index in [2.05, 4.69) is 22.0 Å². The molecule has 1 atom stereocenters. The average molecular weight is 309 g/mol. The van der Waals surface area contributed by atoms with Crippen LogP contribution >= 0.6 is 15.9 Å². The molecule has 0 spiro atoms. The normalized spacial score (nSPS) is 19.3. The van der Waals surface area contributed by atoms with Crippen molar-refractivity contribution in [2.24, 2.45) is 5.92 Å². The topological polar surface area (TPSA) is 64.3 Å². The zero-order valence-corrected chi connectivity index (χ0v) is 11.4. The number of nitriles is 1. The second kappa shape index (κ2) is 5.40. The van der Waals surface area contributed by atoms with E-state index in [4.69, 9.17) is 10.4 Å². The van der Waals surface area contributed by atoms with Crippen molar-refractivity contribution < 1.29 is 9.90 Å². The lowest BCUT2D eigenvalue weighted by molar-refractivity contribution is -0.141. The number of carboxylic acid groups (broad SMARTS) is 1. The Morgan fingerprint density at radius 2 is 2.33 bits per heavy atom. The Bertz CT molecular complexity index is 510. The quantitative estimate of drug-likeness (QED) is 0.912. The van der Waals surface area contributed by atoms with Crippen molar-refractivity contribution in [2.45, 2.75) is 12.8 Å². The van der Waals surface area contributed by atoms with Gasteiger partial charge < -0.3 is 10.0 Å². The van der Waals surface area contributed by atoms with Crippen molar-refractivity contribution in [1.82, 2.24) is 0 Å². The van der Waals surface area contributed by atoms with Crippen LogP contribution in [0.25, 0.3) is 0 Å². The third-order valence-corrected chi connectivity index (χ3v) is 3.68. The van der Waals surface area contributed by atoms with Gasteiger partial charge in [-0.1, -0.05) is 15.9 Å².